The van der Waals surface area contributed by atoms with E-state index in [9.17, 15) is 25.8 Å². The first-order valence-corrected chi connectivity index (χ1v) is 7.04. The van der Waals surface area contributed by atoms with Gasteiger partial charge in [-0.3, -0.25) is 4.79 Å². The van der Waals surface area contributed by atoms with E-state index < -0.39 is 28.7 Å². The maximum Gasteiger partial charge on any atom is 0.226 e. The normalized spacial score (nSPS) is 31.0. The van der Waals surface area contributed by atoms with Gasteiger partial charge in [-0.2, -0.15) is 21.0 Å². The average molecular weight is 293 g/mol. The summed E-state index contributed by atoms with van der Waals surface area (Å²) in [5, 5.41) is 38.9. The highest BCUT2D eigenvalue weighted by molar-refractivity contribution is 5.82. The summed E-state index contributed by atoms with van der Waals surface area (Å²) in [6.45, 7) is 5.47. The Morgan fingerprint density at radius 3 is 2.05 bits per heavy atom. The van der Waals surface area contributed by atoms with Crippen molar-refractivity contribution in [2.45, 2.75) is 26.8 Å². The maximum absolute atomic E-state index is 12.7. The van der Waals surface area contributed by atoms with Gasteiger partial charge in [0.05, 0.1) is 30.3 Å². The fraction of sp³-hybridized carbons (Fsp3) is 0.562. The van der Waals surface area contributed by atoms with Crippen molar-refractivity contribution in [1.29, 1.82) is 21.0 Å². The lowest BCUT2D eigenvalue weighted by Gasteiger charge is -2.44. The third-order valence-electron chi connectivity index (χ3n) is 5.00. The lowest BCUT2D eigenvalue weighted by Crippen LogP contribution is -2.56. The summed E-state index contributed by atoms with van der Waals surface area (Å²) in [6.07, 6.45) is 1.70. The third-order valence-corrected chi connectivity index (χ3v) is 5.00. The molecule has 3 rings (SSSR count). The molecule has 1 amide bonds. The molecule has 0 aromatic carbocycles. The van der Waals surface area contributed by atoms with Crippen LogP contribution in [0, 0.1) is 68.0 Å². The molecule has 0 aromatic heterocycles. The van der Waals surface area contributed by atoms with Crippen molar-refractivity contribution in [3.05, 3.63) is 11.6 Å². The molecule has 0 N–H and O–H groups in total. The summed E-state index contributed by atoms with van der Waals surface area (Å²) >= 11 is 0. The van der Waals surface area contributed by atoms with Crippen LogP contribution in [-0.4, -0.2) is 23.4 Å². The highest BCUT2D eigenvalue weighted by Crippen LogP contribution is 2.58. The number of amides is 1. The Hall–Kier alpha value is -2.83. The highest BCUT2D eigenvalue weighted by atomic mass is 16.2. The zero-order chi connectivity index (χ0) is 16.7. The predicted octanol–water partition coefficient (Wildman–Crippen LogP) is 1.50. The van der Waals surface area contributed by atoms with E-state index >= 15 is 0 Å². The van der Waals surface area contributed by atoms with E-state index in [2.05, 4.69) is 0 Å². The molecule has 2 heterocycles. The Bertz CT molecular complexity index is 696. The zero-order valence-electron chi connectivity index (χ0n) is 12.7. The highest BCUT2D eigenvalue weighted by Gasteiger charge is 2.70. The summed E-state index contributed by atoms with van der Waals surface area (Å²) in [6, 6.07) is 6.80. The van der Waals surface area contributed by atoms with E-state index in [0.29, 0.717) is 12.1 Å². The van der Waals surface area contributed by atoms with Crippen LogP contribution in [0.1, 0.15) is 20.8 Å². The fourth-order valence-corrected chi connectivity index (χ4v) is 3.96. The standard InChI is InChI=1S/C16H15N5O/c1-4-21-12-5-10(2)13(11(3)14(21)22)16(8-19,9-20)15(12,6-17)7-18/h5,11-13H,4H2,1-3H3/t11-,12+,13-/m0/s1. The van der Waals surface area contributed by atoms with Crippen LogP contribution in [0.4, 0.5) is 0 Å². The quantitative estimate of drug-likeness (QED) is 0.679. The molecule has 0 radical (unpaired) electrons. The number of hydrogen-bond acceptors (Lipinski definition) is 5. The van der Waals surface area contributed by atoms with Crippen molar-refractivity contribution in [3.63, 3.8) is 0 Å². The van der Waals surface area contributed by atoms with Gasteiger partial charge >= 0.3 is 0 Å². The third kappa shape index (κ3) is 1.42. The van der Waals surface area contributed by atoms with Gasteiger partial charge in [-0.1, -0.05) is 18.6 Å². The SMILES string of the molecule is CCN1C(=O)[C@@H](C)[C@@H]2C(C)=C[C@@H]1C(C#N)(C#N)C2(C#N)C#N. The minimum absolute atomic E-state index is 0.229. The monoisotopic (exact) mass is 293 g/mol. The van der Waals surface area contributed by atoms with Gasteiger partial charge in [-0.05, 0) is 13.8 Å². The van der Waals surface area contributed by atoms with Crippen LogP contribution in [0.15, 0.2) is 11.6 Å². The Kier molecular flexibility index (Phi) is 3.44. The van der Waals surface area contributed by atoms with Crippen LogP contribution in [-0.2, 0) is 4.79 Å². The number of carbonyl (C=O) groups is 1. The van der Waals surface area contributed by atoms with Crippen LogP contribution in [0.5, 0.6) is 0 Å². The number of nitrogens with zero attached hydrogens (tertiary/aromatic N) is 5. The molecule has 3 atom stereocenters. The fourth-order valence-electron chi connectivity index (χ4n) is 3.96. The van der Waals surface area contributed by atoms with E-state index in [4.69, 9.17) is 0 Å². The molecule has 22 heavy (non-hydrogen) atoms. The predicted molar refractivity (Wildman–Crippen MR) is 74.9 cm³/mol. The van der Waals surface area contributed by atoms with E-state index in [1.807, 2.05) is 24.3 Å². The number of nitriles is 4. The zero-order valence-corrected chi connectivity index (χ0v) is 12.7. The molecular weight excluding hydrogens is 278 g/mol. The minimum Gasteiger partial charge on any atom is -0.333 e. The van der Waals surface area contributed by atoms with Gasteiger partial charge in [0.1, 0.15) is 0 Å². The van der Waals surface area contributed by atoms with Crippen molar-refractivity contribution < 1.29 is 4.79 Å². The van der Waals surface area contributed by atoms with Gasteiger partial charge < -0.3 is 4.90 Å². The van der Waals surface area contributed by atoms with Gasteiger partial charge in [0, 0.05) is 18.4 Å². The Morgan fingerprint density at radius 1 is 1.14 bits per heavy atom. The summed E-state index contributed by atoms with van der Waals surface area (Å²) < 4.78 is 0. The van der Waals surface area contributed by atoms with Gasteiger partial charge in [0.25, 0.3) is 0 Å². The second-order valence-electron chi connectivity index (χ2n) is 5.81. The van der Waals surface area contributed by atoms with Crippen molar-refractivity contribution >= 4 is 5.91 Å². The number of allylic oxidation sites excluding steroid dienone is 1. The Morgan fingerprint density at radius 2 is 1.64 bits per heavy atom. The largest absolute Gasteiger partial charge is 0.333 e. The van der Waals surface area contributed by atoms with Gasteiger partial charge in [-0.15, -0.1) is 0 Å². The minimum atomic E-state index is -1.89. The number of hydrogen-bond donors (Lipinski definition) is 0. The molecule has 2 bridgehead atoms. The average Bonchev–Trinajstić information content (AvgIpc) is 2.66. The first-order valence-electron chi connectivity index (χ1n) is 7.04. The number of fused-ring (bicyclic) bond motifs is 3. The molecule has 1 saturated heterocycles. The van der Waals surface area contributed by atoms with Gasteiger partial charge in [-0.25, -0.2) is 0 Å². The molecule has 0 unspecified atom stereocenters. The number of likely N-dealkylation sites (N-methyl/N-ethyl adjacent to an activating group) is 1. The summed E-state index contributed by atoms with van der Waals surface area (Å²) in [4.78, 5) is 14.1. The molecule has 0 saturated carbocycles. The molecule has 1 fully saturated rings. The van der Waals surface area contributed by atoms with Crippen LogP contribution in [0.2, 0.25) is 0 Å². The van der Waals surface area contributed by atoms with Crippen molar-refractivity contribution in [2.24, 2.45) is 22.7 Å². The van der Waals surface area contributed by atoms with Crippen molar-refractivity contribution in [1.82, 2.24) is 4.90 Å². The van der Waals surface area contributed by atoms with E-state index in [0.717, 1.165) is 0 Å². The van der Waals surface area contributed by atoms with Crippen LogP contribution in [0.3, 0.4) is 0 Å². The number of carbonyl (C=O) groups excluding carboxylic acids is 1. The topological polar surface area (TPSA) is 115 Å². The maximum atomic E-state index is 12.7. The smallest absolute Gasteiger partial charge is 0.226 e. The molecule has 2 aliphatic heterocycles. The second kappa shape index (κ2) is 4.87. The van der Waals surface area contributed by atoms with Crippen molar-refractivity contribution in [2.75, 3.05) is 6.54 Å². The second-order valence-corrected chi connectivity index (χ2v) is 5.81. The molecular formula is C16H15N5O. The summed E-state index contributed by atoms with van der Waals surface area (Å²) in [5.41, 5.74) is -3.04. The van der Waals surface area contributed by atoms with Crippen LogP contribution < -0.4 is 0 Å². The lowest BCUT2D eigenvalue weighted by molar-refractivity contribution is -0.136. The first kappa shape index (κ1) is 15.6. The van der Waals surface area contributed by atoms with Crippen LogP contribution in [0.25, 0.3) is 0 Å². The first-order chi connectivity index (χ1) is 10.4. The van der Waals surface area contributed by atoms with Crippen LogP contribution >= 0.6 is 0 Å². The lowest BCUT2D eigenvalue weighted by atomic mass is 9.51. The summed E-state index contributed by atoms with van der Waals surface area (Å²) in [5.74, 6) is -1.63. The molecule has 3 aliphatic rings. The van der Waals surface area contributed by atoms with Gasteiger partial charge in [0.15, 0.2) is 10.8 Å². The van der Waals surface area contributed by atoms with Gasteiger partial charge in [0.2, 0.25) is 5.91 Å². The Balaban J connectivity index is 2.97. The molecule has 110 valence electrons. The van der Waals surface area contributed by atoms with Crippen molar-refractivity contribution in [3.8, 4) is 24.3 Å². The number of rotatable bonds is 1. The van der Waals surface area contributed by atoms with E-state index in [1.54, 1.807) is 26.8 Å². The Labute approximate surface area is 129 Å². The van der Waals surface area contributed by atoms with E-state index in [1.165, 1.54) is 4.90 Å². The molecule has 6 heteroatoms. The molecule has 0 spiro atoms. The molecule has 0 aromatic rings. The molecule has 6 nitrogen and oxygen atoms in total. The summed E-state index contributed by atoms with van der Waals surface area (Å²) in [7, 11) is 0. The molecule has 1 aliphatic carbocycles. The van der Waals surface area contributed by atoms with E-state index in [-0.39, 0.29) is 5.91 Å².